The van der Waals surface area contributed by atoms with Crippen LogP contribution in [0, 0.1) is 0 Å². The maximum absolute atomic E-state index is 10.4. The number of nitrogens with zero attached hydrogens (tertiary/aromatic N) is 4. The van der Waals surface area contributed by atoms with Gasteiger partial charge in [0.25, 0.3) is 0 Å². The first-order valence-corrected chi connectivity index (χ1v) is 8.99. The fourth-order valence-corrected chi connectivity index (χ4v) is 4.48. The second kappa shape index (κ2) is 8.06. The highest BCUT2D eigenvalue weighted by Crippen LogP contribution is 2.28. The molecule has 2 aliphatic heterocycles. The fourth-order valence-electron chi connectivity index (χ4n) is 3.19. The van der Waals surface area contributed by atoms with Crippen LogP contribution in [0.2, 0.25) is 0 Å². The van der Waals surface area contributed by atoms with Gasteiger partial charge < -0.3 is 15.3 Å². The molecule has 0 radical (unpaired) electrons. The van der Waals surface area contributed by atoms with Gasteiger partial charge in [0.1, 0.15) is 0 Å². The summed E-state index contributed by atoms with van der Waals surface area (Å²) in [6, 6.07) is 0. The highest BCUT2D eigenvalue weighted by Gasteiger charge is 2.33. The zero-order valence-corrected chi connectivity index (χ0v) is 16.9. The number of aryl methyl sites for hydroxylation is 1. The van der Waals surface area contributed by atoms with Crippen LogP contribution in [0.3, 0.4) is 0 Å². The average molecular weight is 451 g/mol. The molecule has 2 fully saturated rings. The van der Waals surface area contributed by atoms with Gasteiger partial charge in [0.15, 0.2) is 5.96 Å². The Morgan fingerprint density at radius 1 is 1.61 bits per heavy atom. The van der Waals surface area contributed by atoms with Gasteiger partial charge in [-0.3, -0.25) is 9.67 Å². The van der Waals surface area contributed by atoms with Crippen molar-refractivity contribution in [2.75, 3.05) is 38.2 Å². The molecule has 2 atom stereocenters. The van der Waals surface area contributed by atoms with Crippen molar-refractivity contribution in [1.29, 1.82) is 0 Å². The second-order valence-corrected chi connectivity index (χ2v) is 7.41. The molecule has 8 heteroatoms. The third-order valence-corrected chi connectivity index (χ3v) is 5.79. The highest BCUT2D eigenvalue weighted by atomic mass is 127. The fraction of sp³-hybridized carbons (Fsp3) is 0.733. The van der Waals surface area contributed by atoms with Crippen molar-refractivity contribution >= 4 is 41.7 Å². The lowest BCUT2D eigenvalue weighted by Gasteiger charge is -2.27. The van der Waals surface area contributed by atoms with Gasteiger partial charge in [-0.25, -0.2) is 0 Å². The third-order valence-electron chi connectivity index (χ3n) is 4.55. The first-order chi connectivity index (χ1) is 10.6. The number of halogens is 1. The van der Waals surface area contributed by atoms with Crippen LogP contribution in [0.1, 0.15) is 24.3 Å². The van der Waals surface area contributed by atoms with Gasteiger partial charge >= 0.3 is 0 Å². The van der Waals surface area contributed by atoms with Crippen molar-refractivity contribution in [3.8, 4) is 0 Å². The molecule has 3 rings (SSSR count). The van der Waals surface area contributed by atoms with Gasteiger partial charge in [0.2, 0.25) is 0 Å². The Balaban J connectivity index is 0.00000192. The van der Waals surface area contributed by atoms with Crippen LogP contribution in [0.25, 0.3) is 0 Å². The summed E-state index contributed by atoms with van der Waals surface area (Å²) in [5.74, 6) is 3.27. The molecule has 130 valence electrons. The molecule has 2 unspecified atom stereocenters. The summed E-state index contributed by atoms with van der Waals surface area (Å²) >= 11 is 1.82. The number of thioether (sulfide) groups is 1. The van der Waals surface area contributed by atoms with E-state index < -0.39 is 5.60 Å². The molecule has 23 heavy (non-hydrogen) atoms. The topological polar surface area (TPSA) is 65.7 Å². The van der Waals surface area contributed by atoms with Crippen molar-refractivity contribution in [1.82, 2.24) is 20.0 Å². The first-order valence-electron chi connectivity index (χ1n) is 7.84. The monoisotopic (exact) mass is 451 g/mol. The standard InChI is InChI=1S/C15H25N5OS.HI/c1-16-14(17-10-15(21)4-6-22-11-15)20-5-3-12(9-20)13-7-18-19(2)8-13;/h7-8,12,21H,3-6,9-11H2,1-2H3,(H,16,17);1H. The van der Waals surface area contributed by atoms with Gasteiger partial charge in [0, 0.05) is 51.6 Å². The number of hydrogen-bond acceptors (Lipinski definition) is 4. The molecule has 2 aliphatic rings. The largest absolute Gasteiger partial charge is 0.387 e. The molecule has 2 saturated heterocycles. The van der Waals surface area contributed by atoms with E-state index in [0.29, 0.717) is 12.5 Å². The molecule has 2 N–H and O–H groups in total. The van der Waals surface area contributed by atoms with E-state index in [0.717, 1.165) is 43.4 Å². The first kappa shape index (κ1) is 18.9. The predicted octanol–water partition coefficient (Wildman–Crippen LogP) is 1.27. The number of guanidine groups is 1. The lowest BCUT2D eigenvalue weighted by Crippen LogP contribution is -2.48. The molecule has 3 heterocycles. The lowest BCUT2D eigenvalue weighted by atomic mass is 10.0. The van der Waals surface area contributed by atoms with E-state index in [1.54, 1.807) is 0 Å². The third kappa shape index (κ3) is 4.54. The minimum Gasteiger partial charge on any atom is -0.387 e. The maximum Gasteiger partial charge on any atom is 0.193 e. The number of hydrogen-bond donors (Lipinski definition) is 2. The van der Waals surface area contributed by atoms with Crippen molar-refractivity contribution in [2.45, 2.75) is 24.4 Å². The van der Waals surface area contributed by atoms with Gasteiger partial charge in [-0.05, 0) is 24.2 Å². The Labute approximate surface area is 159 Å². The summed E-state index contributed by atoms with van der Waals surface area (Å²) in [4.78, 5) is 6.67. The normalized spacial score (nSPS) is 28.0. The molecule has 6 nitrogen and oxygen atoms in total. The molecular formula is C15H26IN5OS. The van der Waals surface area contributed by atoms with Crippen LogP contribution in [0.5, 0.6) is 0 Å². The van der Waals surface area contributed by atoms with Gasteiger partial charge in [-0.15, -0.1) is 24.0 Å². The van der Waals surface area contributed by atoms with Crippen LogP contribution < -0.4 is 5.32 Å². The number of aromatic nitrogens is 2. The van der Waals surface area contributed by atoms with Crippen LogP contribution in [-0.2, 0) is 7.05 Å². The van der Waals surface area contributed by atoms with E-state index in [2.05, 4.69) is 26.5 Å². The Morgan fingerprint density at radius 2 is 2.43 bits per heavy atom. The summed E-state index contributed by atoms with van der Waals surface area (Å²) in [5, 5.41) is 18.1. The van der Waals surface area contributed by atoms with Crippen LogP contribution >= 0.6 is 35.7 Å². The molecular weight excluding hydrogens is 425 g/mol. The second-order valence-electron chi connectivity index (χ2n) is 6.31. The molecule has 0 bridgehead atoms. The Morgan fingerprint density at radius 3 is 3.04 bits per heavy atom. The number of aliphatic hydroxyl groups is 1. The van der Waals surface area contributed by atoms with E-state index in [4.69, 9.17) is 0 Å². The van der Waals surface area contributed by atoms with Crippen molar-refractivity contribution < 1.29 is 5.11 Å². The maximum atomic E-state index is 10.4. The predicted molar refractivity (Wildman–Crippen MR) is 106 cm³/mol. The number of aliphatic imine (C=N–C) groups is 1. The minimum atomic E-state index is -0.580. The Kier molecular flexibility index (Phi) is 6.61. The van der Waals surface area contributed by atoms with E-state index >= 15 is 0 Å². The quantitative estimate of drug-likeness (QED) is 0.412. The number of likely N-dealkylation sites (tertiary alicyclic amines) is 1. The molecule has 0 aromatic carbocycles. The minimum absolute atomic E-state index is 0. The van der Waals surface area contributed by atoms with E-state index in [1.165, 1.54) is 5.56 Å². The Hall–Kier alpha value is -0.480. The van der Waals surface area contributed by atoms with Crippen LogP contribution in [0.4, 0.5) is 0 Å². The SMILES string of the molecule is CN=C(NCC1(O)CCSC1)N1CCC(c2cnn(C)c2)C1.I. The zero-order chi connectivity index (χ0) is 15.6. The molecule has 0 saturated carbocycles. The van der Waals surface area contributed by atoms with Gasteiger partial charge in [-0.1, -0.05) is 0 Å². The summed E-state index contributed by atoms with van der Waals surface area (Å²) in [6.07, 6.45) is 6.04. The van der Waals surface area contributed by atoms with E-state index in [9.17, 15) is 5.11 Å². The van der Waals surface area contributed by atoms with Crippen molar-refractivity contribution in [2.24, 2.45) is 12.0 Å². The van der Waals surface area contributed by atoms with E-state index in [1.807, 2.05) is 36.7 Å². The zero-order valence-electron chi connectivity index (χ0n) is 13.7. The molecule has 1 aromatic rings. The lowest BCUT2D eigenvalue weighted by molar-refractivity contribution is 0.0718. The van der Waals surface area contributed by atoms with Crippen molar-refractivity contribution in [3.63, 3.8) is 0 Å². The van der Waals surface area contributed by atoms with Gasteiger partial charge in [-0.2, -0.15) is 16.9 Å². The summed E-state index contributed by atoms with van der Waals surface area (Å²) in [7, 11) is 3.77. The molecule has 0 aliphatic carbocycles. The average Bonchev–Trinajstić information content (AvgIpc) is 3.21. The van der Waals surface area contributed by atoms with Crippen LogP contribution in [-0.4, -0.2) is 69.5 Å². The molecule has 0 amide bonds. The summed E-state index contributed by atoms with van der Waals surface area (Å²) in [5.41, 5.74) is 0.717. The van der Waals surface area contributed by atoms with E-state index in [-0.39, 0.29) is 24.0 Å². The molecule has 1 aromatic heterocycles. The highest BCUT2D eigenvalue weighted by molar-refractivity contribution is 14.0. The summed E-state index contributed by atoms with van der Waals surface area (Å²) in [6.45, 7) is 2.53. The Bertz CT molecular complexity index is 544. The van der Waals surface area contributed by atoms with Crippen LogP contribution in [0.15, 0.2) is 17.4 Å². The molecule has 0 spiro atoms. The van der Waals surface area contributed by atoms with Crippen molar-refractivity contribution in [3.05, 3.63) is 18.0 Å². The summed E-state index contributed by atoms with van der Waals surface area (Å²) < 4.78 is 1.86. The van der Waals surface area contributed by atoms with Gasteiger partial charge in [0.05, 0.1) is 11.8 Å². The number of rotatable bonds is 3. The smallest absolute Gasteiger partial charge is 0.193 e. The number of nitrogens with one attached hydrogen (secondary N) is 1.